The molecule has 3 aromatic rings. The summed E-state index contributed by atoms with van der Waals surface area (Å²) in [5.74, 6) is -0.259. The lowest BCUT2D eigenvalue weighted by Gasteiger charge is -2.48. The normalized spacial score (nSPS) is 17.3. The zero-order chi connectivity index (χ0) is 22.1. The lowest BCUT2D eigenvalue weighted by atomic mass is 10.0. The standard InChI is InChI=1S/C24H23FN4O2S/c25-20-3-1-2-19(12-20)17-4-6-18(7-5-17)23(30)29-13-21(14-29)27-8-10-28(11-9-27)24(31)22-15-32-16-26-22/h1-7,12,15-16,21H,8-11,13-14H2. The first-order valence-electron chi connectivity index (χ1n) is 10.7. The van der Waals surface area contributed by atoms with Crippen LogP contribution in [0.5, 0.6) is 0 Å². The van der Waals surface area contributed by atoms with E-state index in [-0.39, 0.29) is 17.6 Å². The predicted molar refractivity (Wildman–Crippen MR) is 121 cm³/mol. The average molecular weight is 451 g/mol. The first-order chi connectivity index (χ1) is 15.6. The molecular weight excluding hydrogens is 427 g/mol. The Bertz CT molecular complexity index is 1110. The lowest BCUT2D eigenvalue weighted by molar-refractivity contribution is 0.00844. The number of halogens is 1. The minimum absolute atomic E-state index is 0.00185. The molecule has 2 aliphatic rings. The van der Waals surface area contributed by atoms with E-state index in [1.54, 1.807) is 29.1 Å². The maximum atomic E-state index is 13.4. The molecule has 164 valence electrons. The van der Waals surface area contributed by atoms with Crippen LogP contribution in [0.1, 0.15) is 20.8 Å². The summed E-state index contributed by atoms with van der Waals surface area (Å²) < 4.78 is 13.4. The molecule has 3 heterocycles. The highest BCUT2D eigenvalue weighted by Gasteiger charge is 2.37. The van der Waals surface area contributed by atoms with Gasteiger partial charge in [0.25, 0.3) is 11.8 Å². The monoisotopic (exact) mass is 450 g/mol. The maximum Gasteiger partial charge on any atom is 0.273 e. The van der Waals surface area contributed by atoms with Crippen LogP contribution in [0.4, 0.5) is 4.39 Å². The van der Waals surface area contributed by atoms with Crippen molar-refractivity contribution in [2.75, 3.05) is 39.3 Å². The Balaban J connectivity index is 1.12. The van der Waals surface area contributed by atoms with Gasteiger partial charge in [0.05, 0.1) is 5.51 Å². The fourth-order valence-corrected chi connectivity index (χ4v) is 4.80. The Morgan fingerprint density at radius 1 is 0.906 bits per heavy atom. The SMILES string of the molecule is O=C(c1ccc(-c2cccc(F)c2)cc1)N1CC(N2CCN(C(=O)c3cscn3)CC2)C1. The van der Waals surface area contributed by atoms with Gasteiger partial charge in [-0.15, -0.1) is 11.3 Å². The van der Waals surface area contributed by atoms with Crippen LogP contribution >= 0.6 is 11.3 Å². The number of carbonyl (C=O) groups is 2. The molecule has 6 nitrogen and oxygen atoms in total. The molecule has 8 heteroatoms. The van der Waals surface area contributed by atoms with Crippen molar-refractivity contribution in [3.63, 3.8) is 0 Å². The van der Waals surface area contributed by atoms with Crippen LogP contribution in [0.2, 0.25) is 0 Å². The molecule has 32 heavy (non-hydrogen) atoms. The van der Waals surface area contributed by atoms with Gasteiger partial charge in [-0.25, -0.2) is 9.37 Å². The summed E-state index contributed by atoms with van der Waals surface area (Å²) in [6.45, 7) is 4.38. The summed E-state index contributed by atoms with van der Waals surface area (Å²) in [6.07, 6.45) is 0. The van der Waals surface area contributed by atoms with Crippen LogP contribution < -0.4 is 0 Å². The van der Waals surface area contributed by atoms with Crippen molar-refractivity contribution in [2.24, 2.45) is 0 Å². The van der Waals surface area contributed by atoms with Crippen molar-refractivity contribution in [2.45, 2.75) is 6.04 Å². The number of rotatable bonds is 4. The molecule has 0 aliphatic carbocycles. The first kappa shape index (κ1) is 20.8. The average Bonchev–Trinajstić information content (AvgIpc) is 3.33. The van der Waals surface area contributed by atoms with Crippen LogP contribution in [0.3, 0.4) is 0 Å². The lowest BCUT2D eigenvalue weighted by Crippen LogP contribution is -2.64. The molecule has 0 saturated carbocycles. The molecule has 0 atom stereocenters. The molecule has 0 spiro atoms. The van der Waals surface area contributed by atoms with Crippen molar-refractivity contribution in [3.05, 3.63) is 76.5 Å². The molecule has 2 saturated heterocycles. The molecule has 0 bridgehead atoms. The summed E-state index contributed by atoms with van der Waals surface area (Å²) in [5, 5.41) is 1.79. The quantitative estimate of drug-likeness (QED) is 0.613. The van der Waals surface area contributed by atoms with Gasteiger partial charge in [0, 0.05) is 56.3 Å². The van der Waals surface area contributed by atoms with Crippen LogP contribution in [0, 0.1) is 5.82 Å². The highest BCUT2D eigenvalue weighted by Crippen LogP contribution is 2.23. The number of benzene rings is 2. The third-order valence-electron chi connectivity index (χ3n) is 6.21. The summed E-state index contributed by atoms with van der Waals surface area (Å²) in [5.41, 5.74) is 4.51. The van der Waals surface area contributed by atoms with Crippen LogP contribution in [0.15, 0.2) is 59.4 Å². The Morgan fingerprint density at radius 2 is 1.66 bits per heavy atom. The molecule has 2 aromatic carbocycles. The topological polar surface area (TPSA) is 56.8 Å². The van der Waals surface area contributed by atoms with E-state index in [0.29, 0.717) is 43.5 Å². The first-order valence-corrected chi connectivity index (χ1v) is 11.6. The number of piperazine rings is 1. The molecule has 1 aromatic heterocycles. The fourth-order valence-electron chi connectivity index (χ4n) is 4.28. The number of thiazole rings is 1. The molecule has 5 rings (SSSR count). The van der Waals surface area contributed by atoms with E-state index in [2.05, 4.69) is 9.88 Å². The second-order valence-electron chi connectivity index (χ2n) is 8.15. The molecule has 2 amide bonds. The summed E-state index contributed by atoms with van der Waals surface area (Å²) in [7, 11) is 0. The largest absolute Gasteiger partial charge is 0.335 e. The molecule has 2 fully saturated rings. The van der Waals surface area contributed by atoms with Gasteiger partial charge >= 0.3 is 0 Å². The molecular formula is C24H23FN4O2S. The van der Waals surface area contributed by atoms with Gasteiger partial charge in [-0.05, 0) is 35.4 Å². The van der Waals surface area contributed by atoms with Crippen molar-refractivity contribution in [1.82, 2.24) is 19.7 Å². The third kappa shape index (κ3) is 4.16. The van der Waals surface area contributed by atoms with E-state index in [9.17, 15) is 14.0 Å². The second kappa shape index (κ2) is 8.80. The Labute approximate surface area is 189 Å². The zero-order valence-electron chi connectivity index (χ0n) is 17.5. The number of hydrogen-bond donors (Lipinski definition) is 0. The van der Waals surface area contributed by atoms with Gasteiger partial charge in [0.1, 0.15) is 11.5 Å². The van der Waals surface area contributed by atoms with E-state index in [1.807, 2.05) is 28.0 Å². The minimum atomic E-state index is -0.275. The predicted octanol–water partition coefficient (Wildman–Crippen LogP) is 3.23. The van der Waals surface area contributed by atoms with Crippen LogP contribution in [0.25, 0.3) is 11.1 Å². The number of carbonyl (C=O) groups excluding carboxylic acids is 2. The van der Waals surface area contributed by atoms with Crippen LogP contribution in [-0.2, 0) is 0 Å². The molecule has 2 aliphatic heterocycles. The van der Waals surface area contributed by atoms with Crippen molar-refractivity contribution >= 4 is 23.2 Å². The van der Waals surface area contributed by atoms with Gasteiger partial charge in [-0.3, -0.25) is 14.5 Å². The van der Waals surface area contributed by atoms with Gasteiger partial charge in [-0.1, -0.05) is 24.3 Å². The van der Waals surface area contributed by atoms with Gasteiger partial charge < -0.3 is 9.80 Å². The Hall–Kier alpha value is -3.10. The highest BCUT2D eigenvalue weighted by molar-refractivity contribution is 7.07. The Morgan fingerprint density at radius 3 is 2.31 bits per heavy atom. The van der Waals surface area contributed by atoms with E-state index >= 15 is 0 Å². The van der Waals surface area contributed by atoms with E-state index < -0.39 is 0 Å². The number of hydrogen-bond acceptors (Lipinski definition) is 5. The van der Waals surface area contributed by atoms with Gasteiger partial charge in [-0.2, -0.15) is 0 Å². The van der Waals surface area contributed by atoms with Gasteiger partial charge in [0.15, 0.2) is 0 Å². The summed E-state index contributed by atoms with van der Waals surface area (Å²) >= 11 is 1.43. The Kier molecular flexibility index (Phi) is 5.71. The summed E-state index contributed by atoms with van der Waals surface area (Å²) in [6, 6.07) is 14.1. The van der Waals surface area contributed by atoms with Crippen molar-refractivity contribution in [3.8, 4) is 11.1 Å². The fraction of sp³-hybridized carbons (Fsp3) is 0.292. The van der Waals surface area contributed by atoms with Crippen molar-refractivity contribution < 1.29 is 14.0 Å². The number of likely N-dealkylation sites (tertiary alicyclic amines) is 1. The van der Waals surface area contributed by atoms with Crippen LogP contribution in [-0.4, -0.2) is 76.8 Å². The highest BCUT2D eigenvalue weighted by atomic mass is 32.1. The van der Waals surface area contributed by atoms with E-state index in [0.717, 1.165) is 24.2 Å². The number of amides is 2. The smallest absolute Gasteiger partial charge is 0.273 e. The minimum Gasteiger partial charge on any atom is -0.335 e. The number of nitrogens with zero attached hydrogens (tertiary/aromatic N) is 4. The maximum absolute atomic E-state index is 13.4. The summed E-state index contributed by atoms with van der Waals surface area (Å²) in [4.78, 5) is 35.4. The third-order valence-corrected chi connectivity index (χ3v) is 6.80. The van der Waals surface area contributed by atoms with E-state index in [4.69, 9.17) is 0 Å². The molecule has 0 unspecified atom stereocenters. The van der Waals surface area contributed by atoms with Gasteiger partial charge in [0.2, 0.25) is 0 Å². The van der Waals surface area contributed by atoms with Crippen molar-refractivity contribution in [1.29, 1.82) is 0 Å². The number of aromatic nitrogens is 1. The zero-order valence-corrected chi connectivity index (χ0v) is 18.3. The molecule has 0 N–H and O–H groups in total. The van der Waals surface area contributed by atoms with E-state index in [1.165, 1.54) is 23.5 Å². The molecule has 0 radical (unpaired) electrons. The second-order valence-corrected chi connectivity index (χ2v) is 8.87.